The van der Waals surface area contributed by atoms with E-state index in [1.807, 2.05) is 23.1 Å². The van der Waals surface area contributed by atoms with E-state index in [9.17, 15) is 9.59 Å². The van der Waals surface area contributed by atoms with Crippen LogP contribution < -0.4 is 5.32 Å². The van der Waals surface area contributed by atoms with Crippen LogP contribution in [0.15, 0.2) is 36.7 Å². The second-order valence-corrected chi connectivity index (χ2v) is 6.46. The van der Waals surface area contributed by atoms with E-state index in [4.69, 9.17) is 0 Å². The minimum atomic E-state index is -0.407. The number of rotatable bonds is 4. The van der Waals surface area contributed by atoms with Gasteiger partial charge in [0, 0.05) is 29.9 Å². The summed E-state index contributed by atoms with van der Waals surface area (Å²) in [5.41, 5.74) is 2.23. The van der Waals surface area contributed by atoms with Crippen molar-refractivity contribution in [3.63, 3.8) is 0 Å². The maximum atomic E-state index is 12.7. The fraction of sp³-hybridized carbons (Fsp3) is 0.389. The molecule has 4 rings (SSSR count). The molecule has 2 amide bonds. The number of H-pyrrole nitrogens is 1. The summed E-state index contributed by atoms with van der Waals surface area (Å²) in [6.45, 7) is 0.748. The minimum Gasteiger partial charge on any atom is -0.340 e. The van der Waals surface area contributed by atoms with Crippen molar-refractivity contribution in [3.05, 3.63) is 42.2 Å². The molecule has 2 aliphatic rings. The Hall–Kier alpha value is -2.63. The van der Waals surface area contributed by atoms with E-state index in [0.29, 0.717) is 18.0 Å². The third kappa shape index (κ3) is 2.58. The second-order valence-electron chi connectivity index (χ2n) is 6.46. The molecule has 2 N–H and O–H groups in total. The third-order valence-electron chi connectivity index (χ3n) is 5.04. The molecule has 1 saturated heterocycles. The summed E-state index contributed by atoms with van der Waals surface area (Å²) in [6, 6.07) is 7.36. The van der Waals surface area contributed by atoms with Crippen LogP contribution in [0.5, 0.6) is 0 Å². The average Bonchev–Trinajstić information content (AvgIpc) is 3.19. The molecular weight excluding hydrogens is 304 g/mol. The number of carbonyl (C=O) groups excluding carboxylic acids is 2. The van der Waals surface area contributed by atoms with Gasteiger partial charge in [-0.15, -0.1) is 0 Å². The van der Waals surface area contributed by atoms with Crippen molar-refractivity contribution >= 4 is 11.8 Å². The number of amides is 2. The summed E-state index contributed by atoms with van der Waals surface area (Å²) in [6.07, 6.45) is 7.51. The Labute approximate surface area is 140 Å². The summed E-state index contributed by atoms with van der Waals surface area (Å²) in [4.78, 5) is 27.2. The van der Waals surface area contributed by atoms with Crippen LogP contribution in [0, 0.1) is 0 Å². The Balaban J connectivity index is 1.50. The van der Waals surface area contributed by atoms with Crippen molar-refractivity contribution in [2.24, 2.45) is 0 Å². The van der Waals surface area contributed by atoms with Gasteiger partial charge in [-0.2, -0.15) is 5.10 Å². The fourth-order valence-corrected chi connectivity index (χ4v) is 3.46. The molecule has 2 heterocycles. The van der Waals surface area contributed by atoms with Crippen molar-refractivity contribution < 1.29 is 9.59 Å². The largest absolute Gasteiger partial charge is 0.340 e. The first-order valence-electron chi connectivity index (χ1n) is 8.43. The summed E-state index contributed by atoms with van der Waals surface area (Å²) in [5.74, 6) is -0.144. The number of hydrogen-bond donors (Lipinski definition) is 2. The van der Waals surface area contributed by atoms with Crippen LogP contribution >= 0.6 is 0 Å². The topological polar surface area (TPSA) is 78.1 Å². The highest BCUT2D eigenvalue weighted by atomic mass is 16.2. The lowest BCUT2D eigenvalue weighted by Gasteiger charge is -2.34. The molecule has 1 saturated carbocycles. The van der Waals surface area contributed by atoms with Gasteiger partial charge in [-0.3, -0.25) is 14.7 Å². The molecule has 1 aromatic heterocycles. The van der Waals surface area contributed by atoms with Crippen molar-refractivity contribution in [3.8, 4) is 11.1 Å². The van der Waals surface area contributed by atoms with E-state index in [-0.39, 0.29) is 11.8 Å². The summed E-state index contributed by atoms with van der Waals surface area (Å²) >= 11 is 0. The van der Waals surface area contributed by atoms with Crippen molar-refractivity contribution in [1.29, 1.82) is 0 Å². The third-order valence-corrected chi connectivity index (χ3v) is 5.04. The van der Waals surface area contributed by atoms with Gasteiger partial charge in [0.05, 0.1) is 6.20 Å². The highest BCUT2D eigenvalue weighted by Crippen LogP contribution is 2.29. The molecule has 1 aliphatic heterocycles. The highest BCUT2D eigenvalue weighted by molar-refractivity contribution is 6.03. The van der Waals surface area contributed by atoms with Crippen LogP contribution in [-0.4, -0.2) is 45.5 Å². The highest BCUT2D eigenvalue weighted by Gasteiger charge is 2.38. The maximum absolute atomic E-state index is 12.7. The Morgan fingerprint density at radius 2 is 2.08 bits per heavy atom. The Kier molecular flexibility index (Phi) is 3.80. The Morgan fingerprint density at radius 3 is 2.79 bits per heavy atom. The zero-order chi connectivity index (χ0) is 16.5. The first-order chi connectivity index (χ1) is 11.7. The molecule has 6 nitrogen and oxygen atoms in total. The van der Waals surface area contributed by atoms with Gasteiger partial charge in [-0.1, -0.05) is 18.2 Å². The van der Waals surface area contributed by atoms with Gasteiger partial charge in [0.1, 0.15) is 6.04 Å². The van der Waals surface area contributed by atoms with Gasteiger partial charge in [0.2, 0.25) is 5.91 Å². The Morgan fingerprint density at radius 1 is 1.25 bits per heavy atom. The van der Waals surface area contributed by atoms with E-state index in [2.05, 4.69) is 15.5 Å². The number of carbonyl (C=O) groups is 2. The lowest BCUT2D eigenvalue weighted by molar-refractivity contribution is -0.132. The van der Waals surface area contributed by atoms with Gasteiger partial charge in [-0.05, 0) is 37.3 Å². The molecule has 24 heavy (non-hydrogen) atoms. The van der Waals surface area contributed by atoms with Gasteiger partial charge in [0.25, 0.3) is 5.91 Å². The normalized spacial score (nSPS) is 20.9. The van der Waals surface area contributed by atoms with E-state index < -0.39 is 6.04 Å². The fourth-order valence-electron chi connectivity index (χ4n) is 3.46. The molecule has 0 radical (unpaired) electrons. The summed E-state index contributed by atoms with van der Waals surface area (Å²) in [5, 5.41) is 9.62. The van der Waals surface area contributed by atoms with E-state index in [1.54, 1.807) is 18.5 Å². The summed E-state index contributed by atoms with van der Waals surface area (Å²) in [7, 11) is 0. The number of benzene rings is 1. The Bertz CT molecular complexity index is 752. The molecule has 2 fully saturated rings. The van der Waals surface area contributed by atoms with Crippen LogP contribution in [0.2, 0.25) is 0 Å². The van der Waals surface area contributed by atoms with Gasteiger partial charge in [0.15, 0.2) is 0 Å². The maximum Gasteiger partial charge on any atom is 0.252 e. The predicted molar refractivity (Wildman–Crippen MR) is 89.2 cm³/mol. The van der Waals surface area contributed by atoms with Gasteiger partial charge < -0.3 is 10.2 Å². The van der Waals surface area contributed by atoms with Gasteiger partial charge >= 0.3 is 0 Å². The molecule has 6 heteroatoms. The zero-order valence-corrected chi connectivity index (χ0v) is 13.4. The number of hydrogen-bond acceptors (Lipinski definition) is 3. The van der Waals surface area contributed by atoms with Crippen LogP contribution in [0.3, 0.4) is 0 Å². The first-order valence-corrected chi connectivity index (χ1v) is 8.43. The number of aromatic amines is 1. The van der Waals surface area contributed by atoms with Crippen LogP contribution in [-0.2, 0) is 4.79 Å². The molecule has 1 atom stereocenters. The number of nitrogens with one attached hydrogen (secondary N) is 2. The van der Waals surface area contributed by atoms with Crippen molar-refractivity contribution in [1.82, 2.24) is 20.4 Å². The van der Waals surface area contributed by atoms with E-state index in [0.717, 1.165) is 30.5 Å². The second kappa shape index (κ2) is 6.11. The molecular formula is C18H20N4O2. The minimum absolute atomic E-state index is 0.0637. The summed E-state index contributed by atoms with van der Waals surface area (Å²) < 4.78 is 0. The standard InChI is InChI=1S/C18H20N4O2/c23-17(15-7-2-1-6-14(15)12-10-19-20-11-12)21-16-8-9-22(18(16)24)13-4-3-5-13/h1-2,6-7,10-11,13,16H,3-5,8-9H2,(H,19,20)(H,21,23). The lowest BCUT2D eigenvalue weighted by Crippen LogP contribution is -2.46. The molecule has 1 unspecified atom stereocenters. The smallest absolute Gasteiger partial charge is 0.252 e. The van der Waals surface area contributed by atoms with Crippen LogP contribution in [0.1, 0.15) is 36.0 Å². The zero-order valence-electron chi connectivity index (χ0n) is 13.4. The SMILES string of the molecule is O=C(NC1CCN(C2CCC2)C1=O)c1ccccc1-c1cn[nH]c1. The van der Waals surface area contributed by atoms with Crippen molar-refractivity contribution in [2.75, 3.05) is 6.54 Å². The quantitative estimate of drug-likeness (QED) is 0.902. The average molecular weight is 324 g/mol. The lowest BCUT2D eigenvalue weighted by atomic mass is 9.92. The van der Waals surface area contributed by atoms with E-state index >= 15 is 0 Å². The van der Waals surface area contributed by atoms with E-state index in [1.165, 1.54) is 6.42 Å². The van der Waals surface area contributed by atoms with Crippen molar-refractivity contribution in [2.45, 2.75) is 37.8 Å². The molecule has 2 aromatic rings. The number of aromatic nitrogens is 2. The van der Waals surface area contributed by atoms with Gasteiger partial charge in [-0.25, -0.2) is 0 Å². The molecule has 1 aliphatic carbocycles. The van der Waals surface area contributed by atoms with Crippen LogP contribution in [0.25, 0.3) is 11.1 Å². The molecule has 0 bridgehead atoms. The first kappa shape index (κ1) is 14.9. The number of likely N-dealkylation sites (tertiary alicyclic amines) is 1. The molecule has 0 spiro atoms. The monoisotopic (exact) mass is 324 g/mol. The van der Waals surface area contributed by atoms with Crippen LogP contribution in [0.4, 0.5) is 0 Å². The number of nitrogens with zero attached hydrogens (tertiary/aromatic N) is 2. The predicted octanol–water partition coefficient (Wildman–Crippen LogP) is 1.96. The molecule has 124 valence electrons. The molecule has 1 aromatic carbocycles.